The van der Waals surface area contributed by atoms with Gasteiger partial charge in [-0.25, -0.2) is 0 Å². The van der Waals surface area contributed by atoms with E-state index in [1.807, 2.05) is 33.8 Å². The lowest BCUT2D eigenvalue weighted by molar-refractivity contribution is -0.123. The van der Waals surface area contributed by atoms with Crippen molar-refractivity contribution in [2.75, 3.05) is 13.2 Å². The van der Waals surface area contributed by atoms with E-state index in [-0.39, 0.29) is 11.8 Å². The molecule has 1 N–H and O–H groups in total. The zero-order chi connectivity index (χ0) is 13.5. The van der Waals surface area contributed by atoms with Crippen LogP contribution in [0.2, 0.25) is 0 Å². The number of nitrogens with one attached hydrogen (secondary N) is 1. The van der Waals surface area contributed by atoms with Crippen molar-refractivity contribution in [2.45, 2.75) is 34.1 Å². The molecule has 0 aliphatic carbocycles. The van der Waals surface area contributed by atoms with Crippen molar-refractivity contribution >= 4 is 5.91 Å². The van der Waals surface area contributed by atoms with Crippen molar-refractivity contribution in [1.29, 1.82) is 0 Å². The Morgan fingerprint density at radius 1 is 1.39 bits per heavy atom. The highest BCUT2D eigenvalue weighted by Crippen LogP contribution is 2.19. The number of benzene rings is 1. The van der Waals surface area contributed by atoms with Gasteiger partial charge in [-0.05, 0) is 37.5 Å². The number of rotatable bonds is 6. The first kappa shape index (κ1) is 14.6. The monoisotopic (exact) mass is 249 g/mol. The van der Waals surface area contributed by atoms with Crippen LogP contribution in [0.25, 0.3) is 0 Å². The minimum Gasteiger partial charge on any atom is -0.494 e. The van der Waals surface area contributed by atoms with Gasteiger partial charge in [0.1, 0.15) is 5.75 Å². The van der Waals surface area contributed by atoms with Gasteiger partial charge in [0.25, 0.3) is 0 Å². The predicted octanol–water partition coefficient (Wildman–Crippen LogP) is 2.71. The molecular formula is C15H23NO2. The van der Waals surface area contributed by atoms with Gasteiger partial charge in [0.05, 0.1) is 6.61 Å². The fourth-order valence-electron chi connectivity index (χ4n) is 1.72. The van der Waals surface area contributed by atoms with Crippen LogP contribution in [0.15, 0.2) is 18.2 Å². The maximum atomic E-state index is 11.4. The lowest BCUT2D eigenvalue weighted by Gasteiger charge is -2.10. The summed E-state index contributed by atoms with van der Waals surface area (Å²) in [6.45, 7) is 9.19. The highest BCUT2D eigenvalue weighted by molar-refractivity contribution is 5.77. The molecular weight excluding hydrogens is 226 g/mol. The molecule has 0 saturated heterocycles. The van der Waals surface area contributed by atoms with Gasteiger partial charge in [-0.15, -0.1) is 0 Å². The predicted molar refractivity (Wildman–Crippen MR) is 73.9 cm³/mol. The summed E-state index contributed by atoms with van der Waals surface area (Å²) in [7, 11) is 0. The molecule has 0 spiro atoms. The van der Waals surface area contributed by atoms with Crippen LogP contribution in [0.5, 0.6) is 5.75 Å². The van der Waals surface area contributed by atoms with Gasteiger partial charge < -0.3 is 10.1 Å². The lowest BCUT2D eigenvalue weighted by Crippen LogP contribution is -2.29. The van der Waals surface area contributed by atoms with E-state index < -0.39 is 0 Å². The molecule has 0 fully saturated rings. The van der Waals surface area contributed by atoms with Crippen LogP contribution < -0.4 is 10.1 Å². The molecule has 3 nitrogen and oxygen atoms in total. The summed E-state index contributed by atoms with van der Waals surface area (Å²) >= 11 is 0. The molecule has 100 valence electrons. The molecule has 0 aliphatic heterocycles. The summed E-state index contributed by atoms with van der Waals surface area (Å²) in [4.78, 5) is 11.4. The van der Waals surface area contributed by atoms with E-state index >= 15 is 0 Å². The van der Waals surface area contributed by atoms with Crippen LogP contribution in [0, 0.1) is 12.8 Å². The third-order valence-electron chi connectivity index (χ3n) is 2.78. The molecule has 0 heterocycles. The van der Waals surface area contributed by atoms with Crippen molar-refractivity contribution in [2.24, 2.45) is 5.92 Å². The van der Waals surface area contributed by atoms with Crippen molar-refractivity contribution in [3.8, 4) is 5.75 Å². The summed E-state index contributed by atoms with van der Waals surface area (Å²) in [6, 6.07) is 6.17. The first-order valence-electron chi connectivity index (χ1n) is 6.54. The second-order valence-electron chi connectivity index (χ2n) is 4.73. The smallest absolute Gasteiger partial charge is 0.222 e. The maximum Gasteiger partial charge on any atom is 0.222 e. The minimum atomic E-state index is 0.0482. The van der Waals surface area contributed by atoms with Crippen molar-refractivity contribution in [3.63, 3.8) is 0 Å². The lowest BCUT2D eigenvalue weighted by atomic mass is 10.1. The zero-order valence-electron chi connectivity index (χ0n) is 11.7. The van der Waals surface area contributed by atoms with Gasteiger partial charge in [0, 0.05) is 12.5 Å². The molecule has 0 bridgehead atoms. The van der Waals surface area contributed by atoms with E-state index in [1.54, 1.807) is 0 Å². The minimum absolute atomic E-state index is 0.0482. The van der Waals surface area contributed by atoms with Gasteiger partial charge in [-0.2, -0.15) is 0 Å². The number of carbonyl (C=O) groups excluding carboxylic acids is 1. The standard InChI is InChI=1S/C15H23NO2/c1-5-18-14-7-6-13(10-12(14)4)8-9-16-15(17)11(2)3/h6-7,10-11H,5,8-9H2,1-4H3,(H,16,17). The quantitative estimate of drug-likeness (QED) is 0.842. The normalized spacial score (nSPS) is 10.5. The van der Waals surface area contributed by atoms with Crippen molar-refractivity contribution < 1.29 is 9.53 Å². The second kappa shape index (κ2) is 7.04. The SMILES string of the molecule is CCOc1ccc(CCNC(=O)C(C)C)cc1C. The number of hydrogen-bond acceptors (Lipinski definition) is 2. The van der Waals surface area contributed by atoms with Crippen LogP contribution in [0.3, 0.4) is 0 Å². The first-order valence-corrected chi connectivity index (χ1v) is 6.54. The number of hydrogen-bond donors (Lipinski definition) is 1. The molecule has 0 aliphatic rings. The van der Waals surface area contributed by atoms with E-state index in [0.717, 1.165) is 17.7 Å². The topological polar surface area (TPSA) is 38.3 Å². The molecule has 0 unspecified atom stereocenters. The highest BCUT2D eigenvalue weighted by atomic mass is 16.5. The Labute approximate surface area is 110 Å². The van der Waals surface area contributed by atoms with Crippen LogP contribution in [0.1, 0.15) is 31.9 Å². The van der Waals surface area contributed by atoms with Gasteiger partial charge in [-0.1, -0.05) is 26.0 Å². The Hall–Kier alpha value is -1.51. The van der Waals surface area contributed by atoms with E-state index in [9.17, 15) is 4.79 Å². The third kappa shape index (κ3) is 4.40. The number of carbonyl (C=O) groups is 1. The molecule has 18 heavy (non-hydrogen) atoms. The molecule has 1 aromatic carbocycles. The zero-order valence-corrected chi connectivity index (χ0v) is 11.7. The van der Waals surface area contributed by atoms with Crippen molar-refractivity contribution in [3.05, 3.63) is 29.3 Å². The largest absolute Gasteiger partial charge is 0.494 e. The second-order valence-corrected chi connectivity index (χ2v) is 4.73. The molecule has 1 aromatic rings. The summed E-state index contributed by atoms with van der Waals surface area (Å²) in [5.41, 5.74) is 2.37. The van der Waals surface area contributed by atoms with E-state index in [4.69, 9.17) is 4.74 Å². The van der Waals surface area contributed by atoms with Crippen molar-refractivity contribution in [1.82, 2.24) is 5.32 Å². The van der Waals surface area contributed by atoms with E-state index in [2.05, 4.69) is 17.4 Å². The fourth-order valence-corrected chi connectivity index (χ4v) is 1.72. The third-order valence-corrected chi connectivity index (χ3v) is 2.78. The number of amides is 1. The number of aryl methyl sites for hydroxylation is 1. The molecule has 0 saturated carbocycles. The average Bonchev–Trinajstić information content (AvgIpc) is 2.32. The van der Waals surface area contributed by atoms with Gasteiger partial charge >= 0.3 is 0 Å². The summed E-state index contributed by atoms with van der Waals surface area (Å²) < 4.78 is 5.50. The first-order chi connectivity index (χ1) is 8.54. The van der Waals surface area contributed by atoms with Crippen LogP contribution >= 0.6 is 0 Å². The van der Waals surface area contributed by atoms with Gasteiger partial charge in [-0.3, -0.25) is 4.79 Å². The highest BCUT2D eigenvalue weighted by Gasteiger charge is 2.06. The van der Waals surface area contributed by atoms with E-state index in [1.165, 1.54) is 5.56 Å². The number of ether oxygens (including phenoxy) is 1. The maximum absolute atomic E-state index is 11.4. The Kier molecular flexibility index (Phi) is 5.69. The van der Waals surface area contributed by atoms with Crippen LogP contribution in [-0.4, -0.2) is 19.1 Å². The summed E-state index contributed by atoms with van der Waals surface area (Å²) in [6.07, 6.45) is 0.853. The summed E-state index contributed by atoms with van der Waals surface area (Å²) in [5, 5.41) is 2.92. The molecule has 3 heteroatoms. The Balaban J connectivity index is 2.48. The Morgan fingerprint density at radius 2 is 2.11 bits per heavy atom. The molecule has 1 amide bonds. The average molecular weight is 249 g/mol. The summed E-state index contributed by atoms with van der Waals surface area (Å²) in [5.74, 6) is 1.09. The van der Waals surface area contributed by atoms with Gasteiger partial charge in [0.2, 0.25) is 5.91 Å². The van der Waals surface area contributed by atoms with Crippen LogP contribution in [-0.2, 0) is 11.2 Å². The Bertz CT molecular complexity index is 399. The fraction of sp³-hybridized carbons (Fsp3) is 0.533. The molecule has 0 radical (unpaired) electrons. The molecule has 0 aromatic heterocycles. The molecule has 1 rings (SSSR count). The Morgan fingerprint density at radius 3 is 2.67 bits per heavy atom. The van der Waals surface area contributed by atoms with Gasteiger partial charge in [0.15, 0.2) is 0 Å². The molecule has 0 atom stereocenters. The van der Waals surface area contributed by atoms with E-state index in [0.29, 0.717) is 13.2 Å². The van der Waals surface area contributed by atoms with Crippen LogP contribution in [0.4, 0.5) is 0 Å².